The molecular weight excluding hydrogens is 595 g/mol. The molecule has 3 aromatic rings. The average molecular weight is 618 g/mol. The summed E-state index contributed by atoms with van der Waals surface area (Å²) in [6.45, 7) is 4.25. The highest BCUT2D eigenvalue weighted by Gasteiger charge is 2.37. The molecule has 0 bridgehead atoms. The number of urea groups is 1. The van der Waals surface area contributed by atoms with Gasteiger partial charge in [0.2, 0.25) is 0 Å². The summed E-state index contributed by atoms with van der Waals surface area (Å²) in [7, 11) is 0. The lowest BCUT2D eigenvalue weighted by Gasteiger charge is -2.28. The summed E-state index contributed by atoms with van der Waals surface area (Å²) in [4.78, 5) is 39.7. The Labute approximate surface area is 238 Å². The summed E-state index contributed by atoms with van der Waals surface area (Å²) < 4.78 is 12.3. The number of ether oxygens (including phenoxy) is 2. The molecule has 0 radical (unpaired) electrons. The maximum atomic E-state index is 13.4. The maximum Gasteiger partial charge on any atom is 0.335 e. The molecule has 1 heterocycles. The molecule has 3 aromatic carbocycles. The summed E-state index contributed by atoms with van der Waals surface area (Å²) in [6.07, 6.45) is 2.02. The standard InChI is InChI=1S/C28H23BrCl2N2O5/c1-3-17-7-5-6-8-23(17)33-27(35)20(26(34)32-28(33)36)11-16-12-21(29)25(24(13-16)37-4-2)38-15-18-9-10-19(30)14-22(18)31/h5-14H,3-4,15H2,1-2H3,(H,32,34,36)/b20-11-. The molecular formula is C28H23BrCl2N2O5. The Morgan fingerprint density at radius 1 is 0.974 bits per heavy atom. The Kier molecular flexibility index (Phi) is 8.76. The summed E-state index contributed by atoms with van der Waals surface area (Å²) in [5.74, 6) is -0.677. The zero-order valence-corrected chi connectivity index (χ0v) is 23.6. The first kappa shape index (κ1) is 27.7. The average Bonchev–Trinajstić information content (AvgIpc) is 2.87. The van der Waals surface area contributed by atoms with Gasteiger partial charge in [0, 0.05) is 15.6 Å². The van der Waals surface area contributed by atoms with E-state index in [2.05, 4.69) is 21.2 Å². The van der Waals surface area contributed by atoms with E-state index in [4.69, 9.17) is 32.7 Å². The van der Waals surface area contributed by atoms with Gasteiger partial charge in [-0.1, -0.05) is 54.4 Å². The van der Waals surface area contributed by atoms with Crippen molar-refractivity contribution in [2.45, 2.75) is 26.9 Å². The second kappa shape index (κ2) is 12.0. The van der Waals surface area contributed by atoms with E-state index in [1.807, 2.05) is 26.0 Å². The van der Waals surface area contributed by atoms with Gasteiger partial charge < -0.3 is 9.47 Å². The first-order valence-electron chi connectivity index (χ1n) is 11.8. The van der Waals surface area contributed by atoms with Crippen LogP contribution in [0, 0.1) is 0 Å². The van der Waals surface area contributed by atoms with Crippen molar-refractivity contribution >= 4 is 68.7 Å². The largest absolute Gasteiger partial charge is 0.490 e. The fraction of sp³-hybridized carbons (Fsp3) is 0.179. The van der Waals surface area contributed by atoms with Gasteiger partial charge in [0.25, 0.3) is 11.8 Å². The van der Waals surface area contributed by atoms with Crippen LogP contribution in [0.5, 0.6) is 11.5 Å². The van der Waals surface area contributed by atoms with Gasteiger partial charge in [-0.05, 0) is 76.8 Å². The zero-order valence-electron chi connectivity index (χ0n) is 20.5. The highest BCUT2D eigenvalue weighted by Crippen LogP contribution is 2.39. The number of halogens is 3. The van der Waals surface area contributed by atoms with Crippen molar-refractivity contribution in [1.82, 2.24) is 5.32 Å². The van der Waals surface area contributed by atoms with Gasteiger partial charge in [0.15, 0.2) is 11.5 Å². The van der Waals surface area contributed by atoms with E-state index < -0.39 is 17.8 Å². The lowest BCUT2D eigenvalue weighted by atomic mass is 10.0. The third-order valence-electron chi connectivity index (χ3n) is 5.74. The van der Waals surface area contributed by atoms with Crippen LogP contribution in [-0.2, 0) is 22.6 Å². The number of amides is 4. The SMILES string of the molecule is CCOc1cc(/C=C2/C(=O)NC(=O)N(c3ccccc3CC)C2=O)cc(Br)c1OCc1ccc(Cl)cc1Cl. The van der Waals surface area contributed by atoms with Crippen LogP contribution >= 0.6 is 39.1 Å². The number of imide groups is 2. The van der Waals surface area contributed by atoms with Gasteiger partial charge in [0.05, 0.1) is 16.8 Å². The van der Waals surface area contributed by atoms with Crippen molar-refractivity contribution < 1.29 is 23.9 Å². The molecule has 10 heteroatoms. The van der Waals surface area contributed by atoms with Crippen LogP contribution in [0.3, 0.4) is 0 Å². The summed E-state index contributed by atoms with van der Waals surface area (Å²) >= 11 is 15.8. The number of hydrogen-bond acceptors (Lipinski definition) is 5. The van der Waals surface area contributed by atoms with Crippen LogP contribution in [-0.4, -0.2) is 24.5 Å². The molecule has 0 spiro atoms. The topological polar surface area (TPSA) is 84.9 Å². The molecule has 4 rings (SSSR count). The number of anilines is 1. The van der Waals surface area contributed by atoms with Gasteiger partial charge in [-0.25, -0.2) is 9.69 Å². The molecule has 1 aliphatic rings. The molecule has 7 nitrogen and oxygen atoms in total. The molecule has 1 fully saturated rings. The van der Waals surface area contributed by atoms with Crippen molar-refractivity contribution in [3.05, 3.63) is 91.4 Å². The minimum atomic E-state index is -0.793. The molecule has 1 N–H and O–H groups in total. The number of carbonyl (C=O) groups excluding carboxylic acids is 3. The van der Waals surface area contributed by atoms with Crippen molar-refractivity contribution in [2.24, 2.45) is 0 Å². The predicted molar refractivity (Wildman–Crippen MR) is 151 cm³/mol. The second-order valence-corrected chi connectivity index (χ2v) is 9.93. The van der Waals surface area contributed by atoms with E-state index in [0.717, 1.165) is 16.0 Å². The number of barbiturate groups is 1. The Hall–Kier alpha value is -3.33. The van der Waals surface area contributed by atoms with Gasteiger partial charge in [-0.2, -0.15) is 0 Å². The molecule has 0 unspecified atom stereocenters. The third-order valence-corrected chi connectivity index (χ3v) is 6.92. The number of aryl methyl sites for hydroxylation is 1. The normalized spacial score (nSPS) is 14.6. The Morgan fingerprint density at radius 2 is 1.74 bits per heavy atom. The molecule has 0 aliphatic carbocycles. The number of para-hydroxylation sites is 1. The minimum Gasteiger partial charge on any atom is -0.490 e. The number of hydrogen-bond donors (Lipinski definition) is 1. The van der Waals surface area contributed by atoms with E-state index in [1.54, 1.807) is 42.5 Å². The van der Waals surface area contributed by atoms with Crippen LogP contribution in [0.4, 0.5) is 10.5 Å². The molecule has 0 aromatic heterocycles. The Morgan fingerprint density at radius 3 is 2.45 bits per heavy atom. The lowest BCUT2D eigenvalue weighted by molar-refractivity contribution is -0.122. The smallest absolute Gasteiger partial charge is 0.335 e. The fourth-order valence-electron chi connectivity index (χ4n) is 3.93. The van der Waals surface area contributed by atoms with Crippen molar-refractivity contribution in [3.8, 4) is 11.5 Å². The maximum absolute atomic E-state index is 13.4. The highest BCUT2D eigenvalue weighted by atomic mass is 79.9. The molecule has 0 atom stereocenters. The molecule has 1 saturated heterocycles. The quantitative estimate of drug-likeness (QED) is 0.218. The van der Waals surface area contributed by atoms with Crippen LogP contribution in [0.15, 0.2) is 64.6 Å². The molecule has 196 valence electrons. The van der Waals surface area contributed by atoms with Crippen LogP contribution in [0.2, 0.25) is 10.0 Å². The van der Waals surface area contributed by atoms with Crippen molar-refractivity contribution in [2.75, 3.05) is 11.5 Å². The van der Waals surface area contributed by atoms with Crippen molar-refractivity contribution in [1.29, 1.82) is 0 Å². The number of rotatable bonds is 8. The monoisotopic (exact) mass is 616 g/mol. The van der Waals surface area contributed by atoms with Gasteiger partial charge in [0.1, 0.15) is 12.2 Å². The predicted octanol–water partition coefficient (Wildman–Crippen LogP) is 6.96. The van der Waals surface area contributed by atoms with E-state index in [9.17, 15) is 14.4 Å². The van der Waals surface area contributed by atoms with E-state index in [0.29, 0.717) is 50.3 Å². The number of nitrogens with one attached hydrogen (secondary N) is 1. The first-order chi connectivity index (χ1) is 18.2. The summed E-state index contributed by atoms with van der Waals surface area (Å²) in [6, 6.07) is 14.7. The Bertz CT molecular complexity index is 1460. The second-order valence-electron chi connectivity index (χ2n) is 8.23. The van der Waals surface area contributed by atoms with Crippen LogP contribution < -0.4 is 19.7 Å². The van der Waals surface area contributed by atoms with E-state index in [1.165, 1.54) is 6.08 Å². The van der Waals surface area contributed by atoms with Crippen LogP contribution in [0.25, 0.3) is 6.08 Å². The minimum absolute atomic E-state index is 0.157. The fourth-order valence-corrected chi connectivity index (χ4v) is 4.97. The van der Waals surface area contributed by atoms with E-state index in [-0.39, 0.29) is 12.2 Å². The highest BCUT2D eigenvalue weighted by molar-refractivity contribution is 9.10. The van der Waals surface area contributed by atoms with Gasteiger partial charge >= 0.3 is 6.03 Å². The number of carbonyl (C=O) groups is 3. The molecule has 4 amide bonds. The lowest BCUT2D eigenvalue weighted by Crippen LogP contribution is -2.54. The molecule has 1 aliphatic heterocycles. The third kappa shape index (κ3) is 5.88. The Balaban J connectivity index is 1.68. The zero-order chi connectivity index (χ0) is 27.4. The number of benzene rings is 3. The number of nitrogens with zero attached hydrogens (tertiary/aromatic N) is 1. The molecule has 38 heavy (non-hydrogen) atoms. The summed E-state index contributed by atoms with van der Waals surface area (Å²) in [5.41, 5.74) is 2.27. The van der Waals surface area contributed by atoms with Crippen LogP contribution in [0.1, 0.15) is 30.5 Å². The van der Waals surface area contributed by atoms with Gasteiger partial charge in [-0.15, -0.1) is 0 Å². The van der Waals surface area contributed by atoms with E-state index >= 15 is 0 Å². The van der Waals surface area contributed by atoms with Gasteiger partial charge in [-0.3, -0.25) is 14.9 Å². The van der Waals surface area contributed by atoms with Crippen molar-refractivity contribution in [3.63, 3.8) is 0 Å². The molecule has 0 saturated carbocycles. The summed E-state index contributed by atoms with van der Waals surface area (Å²) in [5, 5.41) is 3.25. The first-order valence-corrected chi connectivity index (χ1v) is 13.3.